The molecule has 2 unspecified atom stereocenters. The molecule has 1 aromatic heterocycles. The maximum atomic E-state index is 13.1. The first kappa shape index (κ1) is 40.0. The van der Waals surface area contributed by atoms with Gasteiger partial charge in [0.15, 0.2) is 8.32 Å². The van der Waals surface area contributed by atoms with E-state index in [4.69, 9.17) is 13.9 Å². The molecular weight excluding hydrogens is 679 g/mol. The predicted octanol–water partition coefficient (Wildman–Crippen LogP) is 10.1. The van der Waals surface area contributed by atoms with Crippen LogP contribution in [0, 0.1) is 34.5 Å². The second-order valence-electron chi connectivity index (χ2n) is 19.3. The van der Waals surface area contributed by atoms with Crippen molar-refractivity contribution in [3.63, 3.8) is 0 Å². The van der Waals surface area contributed by atoms with Crippen LogP contribution in [0.25, 0.3) is 10.9 Å². The summed E-state index contributed by atoms with van der Waals surface area (Å²) >= 11 is 0. The van der Waals surface area contributed by atoms with E-state index in [1.165, 1.54) is 38.5 Å². The van der Waals surface area contributed by atoms with Crippen LogP contribution in [0.5, 0.6) is 5.75 Å². The minimum atomic E-state index is -1.77. The van der Waals surface area contributed by atoms with E-state index in [1.807, 2.05) is 24.3 Å². The standard InChI is InChI=1S/C44H69N3O5Si/c1-29(47-37-28-33(50-7)26-30-13-11-25-46-41(30)37)12-10-24-45-39(48)18-19-40(49)51-38-17-16-35-34-15-14-31-27-32(52-53(8,9)42(2,3)4)20-22-43(31,5)36(34)21-23-44(35,38)6/h11,13,25-26,28-29,31-32,34-36,38,47H,10,12,14-24,27H2,1-9H3,(H,45,48)/t29?,31-,32?,34-,35-,36-,38-,43-,44-/m0/s1. The predicted molar refractivity (Wildman–Crippen MR) is 217 cm³/mol. The second kappa shape index (κ2) is 15.8. The van der Waals surface area contributed by atoms with Crippen molar-refractivity contribution in [2.24, 2.45) is 34.5 Å². The van der Waals surface area contributed by atoms with E-state index in [-0.39, 0.29) is 47.3 Å². The third-order valence-corrected chi connectivity index (χ3v) is 19.6. The Hall–Kier alpha value is -2.65. The molecule has 0 aliphatic heterocycles. The fourth-order valence-electron chi connectivity index (χ4n) is 11.0. The van der Waals surface area contributed by atoms with Crippen LogP contribution in [0.3, 0.4) is 0 Å². The lowest BCUT2D eigenvalue weighted by Crippen LogP contribution is -2.55. The Kier molecular flexibility index (Phi) is 12.0. The smallest absolute Gasteiger partial charge is 0.306 e. The molecule has 2 aromatic rings. The summed E-state index contributed by atoms with van der Waals surface area (Å²) in [5, 5.41) is 7.86. The summed E-state index contributed by atoms with van der Waals surface area (Å²) in [7, 11) is -0.101. The molecule has 9 heteroatoms. The molecular formula is C44H69N3O5Si. The van der Waals surface area contributed by atoms with Crippen molar-refractivity contribution in [2.45, 2.75) is 161 Å². The number of hydrogen-bond donors (Lipinski definition) is 2. The maximum absolute atomic E-state index is 13.1. The largest absolute Gasteiger partial charge is 0.497 e. The summed E-state index contributed by atoms with van der Waals surface area (Å²) in [4.78, 5) is 30.4. The number of methoxy groups -OCH3 is 1. The highest BCUT2D eigenvalue weighted by Gasteiger charge is 2.61. The van der Waals surface area contributed by atoms with E-state index in [0.29, 0.717) is 24.0 Å². The van der Waals surface area contributed by atoms with Crippen molar-refractivity contribution in [3.8, 4) is 5.75 Å². The van der Waals surface area contributed by atoms with Gasteiger partial charge in [0, 0.05) is 48.2 Å². The zero-order valence-corrected chi connectivity index (χ0v) is 35.3. The van der Waals surface area contributed by atoms with Gasteiger partial charge >= 0.3 is 5.97 Å². The number of benzene rings is 1. The van der Waals surface area contributed by atoms with Crippen molar-refractivity contribution in [1.29, 1.82) is 0 Å². The topological polar surface area (TPSA) is 98.8 Å². The summed E-state index contributed by atoms with van der Waals surface area (Å²) in [5.41, 5.74) is 2.30. The zero-order valence-electron chi connectivity index (χ0n) is 34.3. The van der Waals surface area contributed by atoms with Crippen molar-refractivity contribution in [1.82, 2.24) is 10.3 Å². The van der Waals surface area contributed by atoms with Gasteiger partial charge in [-0.05, 0) is 137 Å². The highest BCUT2D eigenvalue weighted by Crippen LogP contribution is 2.67. The molecule has 0 radical (unpaired) electrons. The number of carbonyl (C=O) groups is 2. The molecule has 4 fully saturated rings. The van der Waals surface area contributed by atoms with Crippen LogP contribution in [-0.2, 0) is 18.8 Å². The number of nitrogens with one attached hydrogen (secondary N) is 2. The van der Waals surface area contributed by atoms with E-state index in [2.05, 4.69) is 70.3 Å². The number of anilines is 1. The quantitative estimate of drug-likeness (QED) is 0.120. The molecule has 8 nitrogen and oxygen atoms in total. The van der Waals surface area contributed by atoms with Crippen molar-refractivity contribution < 1.29 is 23.5 Å². The van der Waals surface area contributed by atoms with Crippen LogP contribution >= 0.6 is 0 Å². The van der Waals surface area contributed by atoms with Crippen molar-refractivity contribution >= 4 is 36.8 Å². The number of carbonyl (C=O) groups excluding carboxylic acids is 2. The summed E-state index contributed by atoms with van der Waals surface area (Å²) in [6.07, 6.45) is 15.1. The average molecular weight is 748 g/mol. The average Bonchev–Trinajstić information content (AvgIpc) is 3.44. The Morgan fingerprint density at radius 2 is 1.75 bits per heavy atom. The molecule has 4 saturated carbocycles. The highest BCUT2D eigenvalue weighted by atomic mass is 28.4. The molecule has 6 rings (SSSR count). The molecule has 294 valence electrons. The SMILES string of the molecule is COc1cc(NC(C)CCCNC(=O)CCC(=O)O[C@H]2CC[C@H]3[C@@H]4CC[C@H]5CC(O[Si](C)(C)C(C)(C)C)CC[C@]5(C)[C@H]4CC[C@]23C)c2ncccc2c1. The molecule has 1 aromatic carbocycles. The lowest BCUT2D eigenvalue weighted by Gasteiger charge is -2.61. The normalized spacial score (nSPS) is 31.9. The number of esters is 1. The Bertz CT molecular complexity index is 1610. The molecule has 9 atom stereocenters. The first-order valence-corrected chi connectivity index (χ1v) is 23.8. The second-order valence-corrected chi connectivity index (χ2v) is 24.1. The van der Waals surface area contributed by atoms with E-state index in [1.54, 1.807) is 13.3 Å². The van der Waals surface area contributed by atoms with Gasteiger partial charge in [0.05, 0.1) is 24.7 Å². The van der Waals surface area contributed by atoms with Crippen LogP contribution in [0.15, 0.2) is 30.5 Å². The fraction of sp³-hybridized carbons (Fsp3) is 0.750. The Labute approximate surface area is 320 Å². The number of nitrogens with zero attached hydrogens (tertiary/aromatic N) is 1. The van der Waals surface area contributed by atoms with Gasteiger partial charge in [-0.15, -0.1) is 0 Å². The fourth-order valence-corrected chi connectivity index (χ4v) is 12.4. The lowest BCUT2D eigenvalue weighted by atomic mass is 9.45. The number of fused-ring (bicyclic) bond motifs is 6. The number of aromatic nitrogens is 1. The van der Waals surface area contributed by atoms with Gasteiger partial charge in [0.2, 0.25) is 5.91 Å². The van der Waals surface area contributed by atoms with Crippen molar-refractivity contribution in [3.05, 3.63) is 30.5 Å². The summed E-state index contributed by atoms with van der Waals surface area (Å²) in [6.45, 7) is 19.6. The lowest BCUT2D eigenvalue weighted by molar-refractivity contribution is -0.165. The minimum absolute atomic E-state index is 0.0332. The molecule has 4 aliphatic carbocycles. The molecule has 0 bridgehead atoms. The van der Waals surface area contributed by atoms with Gasteiger partial charge in [0.25, 0.3) is 0 Å². The number of pyridine rings is 1. The molecule has 4 aliphatic rings. The van der Waals surface area contributed by atoms with Crippen LogP contribution < -0.4 is 15.4 Å². The molecule has 0 saturated heterocycles. The Balaban J connectivity index is 0.924. The minimum Gasteiger partial charge on any atom is -0.497 e. The third-order valence-electron chi connectivity index (χ3n) is 15.1. The zero-order chi connectivity index (χ0) is 38.2. The summed E-state index contributed by atoms with van der Waals surface area (Å²) in [5.74, 6) is 3.36. The van der Waals surface area contributed by atoms with Gasteiger partial charge in [-0.3, -0.25) is 14.6 Å². The van der Waals surface area contributed by atoms with E-state index >= 15 is 0 Å². The molecule has 2 N–H and O–H groups in total. The Morgan fingerprint density at radius 1 is 1.00 bits per heavy atom. The maximum Gasteiger partial charge on any atom is 0.306 e. The number of rotatable bonds is 13. The molecule has 1 heterocycles. The third kappa shape index (κ3) is 8.46. The van der Waals surface area contributed by atoms with E-state index < -0.39 is 8.32 Å². The highest BCUT2D eigenvalue weighted by molar-refractivity contribution is 6.74. The van der Waals surface area contributed by atoms with Crippen LogP contribution in [0.4, 0.5) is 5.69 Å². The summed E-state index contributed by atoms with van der Waals surface area (Å²) < 4.78 is 18.7. The Morgan fingerprint density at radius 3 is 2.51 bits per heavy atom. The van der Waals surface area contributed by atoms with Gasteiger partial charge in [-0.25, -0.2) is 0 Å². The molecule has 0 spiro atoms. The number of hydrogen-bond acceptors (Lipinski definition) is 7. The van der Waals surface area contributed by atoms with Gasteiger partial charge in [0.1, 0.15) is 11.9 Å². The van der Waals surface area contributed by atoms with Crippen LogP contribution in [0.1, 0.15) is 125 Å². The van der Waals surface area contributed by atoms with Gasteiger partial charge in [-0.1, -0.05) is 40.7 Å². The monoisotopic (exact) mass is 748 g/mol. The van der Waals surface area contributed by atoms with E-state index in [9.17, 15) is 9.59 Å². The number of amides is 1. The van der Waals surface area contributed by atoms with Gasteiger partial charge in [-0.2, -0.15) is 0 Å². The first-order chi connectivity index (χ1) is 25.0. The molecule has 1 amide bonds. The van der Waals surface area contributed by atoms with Crippen LogP contribution in [-0.4, -0.2) is 57.1 Å². The van der Waals surface area contributed by atoms with Crippen LogP contribution in [0.2, 0.25) is 18.1 Å². The summed E-state index contributed by atoms with van der Waals surface area (Å²) in [6, 6.07) is 8.11. The van der Waals surface area contributed by atoms with E-state index in [0.717, 1.165) is 72.2 Å². The number of ether oxygens (including phenoxy) is 2. The van der Waals surface area contributed by atoms with Crippen molar-refractivity contribution in [2.75, 3.05) is 19.0 Å². The first-order valence-electron chi connectivity index (χ1n) is 20.9. The molecule has 53 heavy (non-hydrogen) atoms. The van der Waals surface area contributed by atoms with Gasteiger partial charge < -0.3 is 24.5 Å².